The number of rotatable bonds is 9. The smallest absolute Gasteiger partial charge is 0.245 e. The van der Waals surface area contributed by atoms with Crippen LogP contribution in [0.2, 0.25) is 5.02 Å². The second kappa shape index (κ2) is 9.45. The molecular formula is C21H22ClF2NO3. The van der Waals surface area contributed by atoms with Gasteiger partial charge in [0, 0.05) is 23.6 Å². The van der Waals surface area contributed by atoms with E-state index in [1.807, 2.05) is 12.1 Å². The molecular weight excluding hydrogens is 388 g/mol. The van der Waals surface area contributed by atoms with Crippen LogP contribution < -0.4 is 5.48 Å². The van der Waals surface area contributed by atoms with E-state index in [0.717, 1.165) is 24.5 Å². The summed E-state index contributed by atoms with van der Waals surface area (Å²) >= 11 is 5.94. The Bertz CT molecular complexity index is 812. The topological polar surface area (TPSA) is 58.6 Å². The van der Waals surface area contributed by atoms with Gasteiger partial charge in [0.05, 0.1) is 12.5 Å². The molecule has 28 heavy (non-hydrogen) atoms. The van der Waals surface area contributed by atoms with Crippen molar-refractivity contribution in [1.29, 1.82) is 0 Å². The van der Waals surface area contributed by atoms with Crippen LogP contribution in [0.15, 0.2) is 42.5 Å². The Kier molecular flexibility index (Phi) is 6.99. The molecule has 7 heteroatoms. The number of amides is 1. The van der Waals surface area contributed by atoms with Crippen molar-refractivity contribution >= 4 is 17.5 Å². The van der Waals surface area contributed by atoms with Gasteiger partial charge in [-0.2, -0.15) is 0 Å². The molecule has 0 spiro atoms. The normalized spacial score (nSPS) is 15.9. The van der Waals surface area contributed by atoms with Crippen LogP contribution in [-0.2, 0) is 16.0 Å². The predicted molar refractivity (Wildman–Crippen MR) is 101 cm³/mol. The highest BCUT2D eigenvalue weighted by Gasteiger charge is 2.31. The third-order valence-electron chi connectivity index (χ3n) is 4.93. The van der Waals surface area contributed by atoms with Crippen molar-refractivity contribution in [2.75, 3.05) is 6.61 Å². The van der Waals surface area contributed by atoms with Crippen molar-refractivity contribution < 1.29 is 23.5 Å². The highest BCUT2D eigenvalue weighted by molar-refractivity contribution is 6.30. The fourth-order valence-corrected chi connectivity index (χ4v) is 3.33. The third-order valence-corrected chi connectivity index (χ3v) is 5.19. The lowest BCUT2D eigenvalue weighted by Gasteiger charge is -2.28. The fourth-order valence-electron chi connectivity index (χ4n) is 3.21. The van der Waals surface area contributed by atoms with Gasteiger partial charge in [0.25, 0.3) is 0 Å². The highest BCUT2D eigenvalue weighted by Crippen LogP contribution is 2.34. The summed E-state index contributed by atoms with van der Waals surface area (Å²) in [6.45, 7) is 0.462. The zero-order valence-corrected chi connectivity index (χ0v) is 16.0. The van der Waals surface area contributed by atoms with Crippen LogP contribution in [0, 0.1) is 17.6 Å². The molecule has 0 saturated heterocycles. The molecule has 0 aromatic heterocycles. The molecule has 2 aromatic rings. The summed E-state index contributed by atoms with van der Waals surface area (Å²) in [6, 6.07) is 10.5. The van der Waals surface area contributed by atoms with Crippen LogP contribution >= 0.6 is 11.6 Å². The van der Waals surface area contributed by atoms with E-state index in [1.54, 1.807) is 17.6 Å². The molecule has 3 rings (SSSR count). The zero-order chi connectivity index (χ0) is 20.1. The molecule has 2 atom stereocenters. The lowest BCUT2D eigenvalue weighted by atomic mass is 9.85. The number of carbonyl (C=O) groups is 1. The monoisotopic (exact) mass is 409 g/mol. The van der Waals surface area contributed by atoms with E-state index in [0.29, 0.717) is 24.0 Å². The molecule has 1 amide bonds. The van der Waals surface area contributed by atoms with Crippen LogP contribution in [0.25, 0.3) is 0 Å². The average molecular weight is 410 g/mol. The first-order valence-electron chi connectivity index (χ1n) is 9.20. The van der Waals surface area contributed by atoms with Gasteiger partial charge in [-0.3, -0.25) is 10.0 Å². The molecule has 2 aromatic carbocycles. The largest absolute Gasteiger partial charge is 0.377 e. The van der Waals surface area contributed by atoms with E-state index in [-0.39, 0.29) is 12.0 Å². The summed E-state index contributed by atoms with van der Waals surface area (Å²) in [5.74, 6) is -2.09. The first-order chi connectivity index (χ1) is 13.5. The molecule has 0 radical (unpaired) electrons. The van der Waals surface area contributed by atoms with Gasteiger partial charge < -0.3 is 4.74 Å². The van der Waals surface area contributed by atoms with Crippen LogP contribution in [0.4, 0.5) is 8.78 Å². The molecule has 2 N–H and O–H groups in total. The lowest BCUT2D eigenvalue weighted by Crippen LogP contribution is -2.32. The maximum atomic E-state index is 14.6. The summed E-state index contributed by atoms with van der Waals surface area (Å²) < 4.78 is 34.0. The van der Waals surface area contributed by atoms with E-state index >= 15 is 0 Å². The minimum Gasteiger partial charge on any atom is -0.377 e. The van der Waals surface area contributed by atoms with E-state index in [1.165, 1.54) is 12.1 Å². The first-order valence-corrected chi connectivity index (χ1v) is 9.58. The summed E-state index contributed by atoms with van der Waals surface area (Å²) in [6.07, 6.45) is 1.67. The lowest BCUT2D eigenvalue weighted by molar-refractivity contribution is -0.132. The number of hydrogen-bond donors (Lipinski definition) is 2. The van der Waals surface area contributed by atoms with Gasteiger partial charge >= 0.3 is 0 Å². The summed E-state index contributed by atoms with van der Waals surface area (Å²) in [5.41, 5.74) is 2.75. The Morgan fingerprint density at radius 1 is 1.21 bits per heavy atom. The minimum absolute atomic E-state index is 0.141. The predicted octanol–water partition coefficient (Wildman–Crippen LogP) is 4.64. The van der Waals surface area contributed by atoms with Crippen LogP contribution in [0.1, 0.15) is 36.3 Å². The molecule has 4 nitrogen and oxygen atoms in total. The number of carbonyl (C=O) groups excluding carboxylic acids is 1. The van der Waals surface area contributed by atoms with Crippen LogP contribution in [0.5, 0.6) is 0 Å². The van der Waals surface area contributed by atoms with Crippen molar-refractivity contribution in [2.24, 2.45) is 5.92 Å². The van der Waals surface area contributed by atoms with Crippen molar-refractivity contribution in [3.63, 3.8) is 0 Å². The number of nitrogens with one attached hydrogen (secondary N) is 1. The Morgan fingerprint density at radius 3 is 2.54 bits per heavy atom. The summed E-state index contributed by atoms with van der Waals surface area (Å²) in [5, 5.41) is 9.52. The Balaban J connectivity index is 1.92. The van der Waals surface area contributed by atoms with E-state index in [9.17, 15) is 13.6 Å². The van der Waals surface area contributed by atoms with E-state index < -0.39 is 29.6 Å². The Labute approximate surface area is 167 Å². The van der Waals surface area contributed by atoms with Gasteiger partial charge in [-0.1, -0.05) is 29.8 Å². The van der Waals surface area contributed by atoms with Gasteiger partial charge in [-0.05, 0) is 54.5 Å². The standard InChI is InChI=1S/C21H22ClF2NO3/c22-15-5-3-13(4-6-15)9-18(17-8-7-16(23)10-19(17)24)20(11-21(26)25-27)28-12-14-1-2-14/h3-8,10,14,18,20,27H,1-2,9,11-12H2,(H,25,26)/t18-,20-/m1/s1. The van der Waals surface area contributed by atoms with Gasteiger partial charge in [-0.15, -0.1) is 0 Å². The molecule has 0 unspecified atom stereocenters. The first kappa shape index (κ1) is 20.7. The molecule has 1 fully saturated rings. The molecule has 0 bridgehead atoms. The second-order valence-corrected chi connectivity index (χ2v) is 7.59. The highest BCUT2D eigenvalue weighted by atomic mass is 35.5. The molecule has 150 valence electrons. The van der Waals surface area contributed by atoms with Gasteiger partial charge in [0.15, 0.2) is 0 Å². The van der Waals surface area contributed by atoms with Crippen molar-refractivity contribution in [3.8, 4) is 0 Å². The number of ether oxygens (including phenoxy) is 1. The quantitative estimate of drug-likeness (QED) is 0.468. The van der Waals surface area contributed by atoms with Gasteiger partial charge in [0.1, 0.15) is 11.6 Å². The molecule has 1 aliphatic carbocycles. The van der Waals surface area contributed by atoms with Gasteiger partial charge in [0.2, 0.25) is 5.91 Å². The maximum absolute atomic E-state index is 14.6. The molecule has 1 aliphatic rings. The van der Waals surface area contributed by atoms with Crippen molar-refractivity contribution in [1.82, 2.24) is 5.48 Å². The van der Waals surface area contributed by atoms with Crippen molar-refractivity contribution in [2.45, 2.75) is 37.7 Å². The summed E-state index contributed by atoms with van der Waals surface area (Å²) in [4.78, 5) is 11.8. The van der Waals surface area contributed by atoms with E-state index in [2.05, 4.69) is 0 Å². The second-order valence-electron chi connectivity index (χ2n) is 7.16. The number of hydroxylamine groups is 1. The summed E-state index contributed by atoms with van der Waals surface area (Å²) in [7, 11) is 0. The maximum Gasteiger partial charge on any atom is 0.245 e. The average Bonchev–Trinajstić information content (AvgIpc) is 3.49. The minimum atomic E-state index is -0.691. The van der Waals surface area contributed by atoms with Gasteiger partial charge in [-0.25, -0.2) is 14.3 Å². The fraction of sp³-hybridized carbons (Fsp3) is 0.381. The number of halogens is 3. The molecule has 0 heterocycles. The molecule has 0 aliphatic heterocycles. The number of benzene rings is 2. The third kappa shape index (κ3) is 5.74. The zero-order valence-electron chi connectivity index (χ0n) is 15.2. The molecule has 1 saturated carbocycles. The van der Waals surface area contributed by atoms with Crippen LogP contribution in [-0.4, -0.2) is 23.8 Å². The Hall–Kier alpha value is -2.02. The van der Waals surface area contributed by atoms with Crippen LogP contribution in [0.3, 0.4) is 0 Å². The SMILES string of the molecule is O=C(C[C@@H](OCC1CC1)[C@H](Cc1ccc(Cl)cc1)c1ccc(F)cc1F)NO. The van der Waals surface area contributed by atoms with Crippen molar-refractivity contribution in [3.05, 3.63) is 70.2 Å². The Morgan fingerprint density at radius 2 is 1.93 bits per heavy atom. The van der Waals surface area contributed by atoms with E-state index in [4.69, 9.17) is 21.5 Å². The number of hydrogen-bond acceptors (Lipinski definition) is 3.